The van der Waals surface area contributed by atoms with Crippen LogP contribution in [0.15, 0.2) is 0 Å². The van der Waals surface area contributed by atoms with Crippen LogP contribution in [0.4, 0.5) is 0 Å². The van der Waals surface area contributed by atoms with Gasteiger partial charge in [-0.1, -0.05) is 0 Å². The Bertz CT molecular complexity index is 225. The maximum Gasteiger partial charge on any atom is 0.222 e. The van der Waals surface area contributed by atoms with E-state index in [9.17, 15) is 4.79 Å². The minimum absolute atomic E-state index is 0. The third-order valence-electron chi connectivity index (χ3n) is 3.29. The molecular formula is C12H25ClN2O2. The minimum atomic E-state index is 0. The molecule has 1 aliphatic heterocycles. The van der Waals surface area contributed by atoms with Crippen molar-refractivity contribution in [3.63, 3.8) is 0 Å². The van der Waals surface area contributed by atoms with Gasteiger partial charge in [-0.25, -0.2) is 0 Å². The Morgan fingerprint density at radius 3 is 2.88 bits per heavy atom. The van der Waals surface area contributed by atoms with Gasteiger partial charge in [0, 0.05) is 39.3 Å². The zero-order valence-electron chi connectivity index (χ0n) is 10.9. The molecule has 1 saturated heterocycles. The van der Waals surface area contributed by atoms with Crippen molar-refractivity contribution in [2.75, 3.05) is 26.8 Å². The summed E-state index contributed by atoms with van der Waals surface area (Å²) < 4.78 is 4.95. The van der Waals surface area contributed by atoms with E-state index in [1.165, 1.54) is 0 Å². The number of methoxy groups -OCH3 is 1. The summed E-state index contributed by atoms with van der Waals surface area (Å²) in [6, 6.07) is 0.189. The van der Waals surface area contributed by atoms with Crippen LogP contribution < -0.4 is 5.73 Å². The van der Waals surface area contributed by atoms with Crippen molar-refractivity contribution in [2.24, 2.45) is 11.7 Å². The van der Waals surface area contributed by atoms with E-state index in [4.69, 9.17) is 10.5 Å². The van der Waals surface area contributed by atoms with Crippen LogP contribution in [0.5, 0.6) is 0 Å². The number of nitrogens with zero attached hydrogens (tertiary/aromatic N) is 1. The summed E-state index contributed by atoms with van der Waals surface area (Å²) >= 11 is 0. The van der Waals surface area contributed by atoms with Crippen molar-refractivity contribution >= 4 is 18.3 Å². The summed E-state index contributed by atoms with van der Waals surface area (Å²) in [4.78, 5) is 13.8. The van der Waals surface area contributed by atoms with Crippen molar-refractivity contribution in [3.8, 4) is 0 Å². The van der Waals surface area contributed by atoms with Crippen LogP contribution in [0.2, 0.25) is 0 Å². The first kappa shape index (κ1) is 16.7. The van der Waals surface area contributed by atoms with Crippen LogP contribution in [0, 0.1) is 5.92 Å². The average Bonchev–Trinajstić information content (AvgIpc) is 2.29. The zero-order valence-corrected chi connectivity index (χ0v) is 11.7. The van der Waals surface area contributed by atoms with Crippen LogP contribution >= 0.6 is 12.4 Å². The standard InChI is InChI=1S/C12H24N2O2.ClH/c1-10(13)11-5-3-7-14(9-11)12(15)6-4-8-16-2;/h10-11H,3-9,13H2,1-2H3;1H. The van der Waals surface area contributed by atoms with Crippen molar-refractivity contribution in [3.05, 3.63) is 0 Å². The van der Waals surface area contributed by atoms with Gasteiger partial charge >= 0.3 is 0 Å². The van der Waals surface area contributed by atoms with Gasteiger partial charge in [0.2, 0.25) is 5.91 Å². The van der Waals surface area contributed by atoms with Gasteiger partial charge < -0.3 is 15.4 Å². The van der Waals surface area contributed by atoms with Crippen LogP contribution in [0.1, 0.15) is 32.6 Å². The predicted molar refractivity (Wildman–Crippen MR) is 71.3 cm³/mol. The highest BCUT2D eigenvalue weighted by atomic mass is 35.5. The lowest BCUT2D eigenvalue weighted by atomic mass is 9.92. The van der Waals surface area contributed by atoms with E-state index >= 15 is 0 Å². The number of piperidine rings is 1. The molecule has 0 aliphatic carbocycles. The quantitative estimate of drug-likeness (QED) is 0.764. The number of hydrogen-bond donors (Lipinski definition) is 1. The maximum absolute atomic E-state index is 11.9. The smallest absolute Gasteiger partial charge is 0.222 e. The number of carbonyl (C=O) groups is 1. The molecule has 0 spiro atoms. The van der Waals surface area contributed by atoms with E-state index in [0.29, 0.717) is 18.9 Å². The van der Waals surface area contributed by atoms with Crippen molar-refractivity contribution < 1.29 is 9.53 Å². The highest BCUT2D eigenvalue weighted by Crippen LogP contribution is 2.19. The van der Waals surface area contributed by atoms with Crippen molar-refractivity contribution in [1.29, 1.82) is 0 Å². The summed E-state index contributed by atoms with van der Waals surface area (Å²) in [6.45, 7) is 4.43. The number of amides is 1. The molecular weight excluding hydrogens is 240 g/mol. The molecule has 1 fully saturated rings. The molecule has 17 heavy (non-hydrogen) atoms. The third-order valence-corrected chi connectivity index (χ3v) is 3.29. The molecule has 0 aromatic rings. The first-order chi connectivity index (χ1) is 7.65. The van der Waals surface area contributed by atoms with Crippen molar-refractivity contribution in [1.82, 2.24) is 4.90 Å². The molecule has 2 atom stereocenters. The largest absolute Gasteiger partial charge is 0.385 e. The molecule has 4 nitrogen and oxygen atoms in total. The summed E-state index contributed by atoms with van der Waals surface area (Å²) in [7, 11) is 1.66. The topological polar surface area (TPSA) is 55.6 Å². The Balaban J connectivity index is 0.00000256. The molecule has 102 valence electrons. The number of carbonyl (C=O) groups excluding carboxylic acids is 1. The number of halogens is 1. The van der Waals surface area contributed by atoms with Gasteiger partial charge in [0.05, 0.1) is 0 Å². The lowest BCUT2D eigenvalue weighted by Crippen LogP contribution is -2.45. The molecule has 0 aromatic carbocycles. The van der Waals surface area contributed by atoms with E-state index in [-0.39, 0.29) is 24.4 Å². The van der Waals surface area contributed by atoms with Gasteiger partial charge in [-0.3, -0.25) is 4.79 Å². The van der Waals surface area contributed by atoms with Crippen molar-refractivity contribution in [2.45, 2.75) is 38.6 Å². The predicted octanol–water partition coefficient (Wildman–Crippen LogP) is 1.42. The Morgan fingerprint density at radius 2 is 2.29 bits per heavy atom. The van der Waals surface area contributed by atoms with Gasteiger partial charge in [-0.15, -0.1) is 12.4 Å². The molecule has 1 aliphatic rings. The first-order valence-electron chi connectivity index (χ1n) is 6.17. The number of rotatable bonds is 5. The molecule has 1 amide bonds. The van der Waals surface area contributed by atoms with E-state index in [2.05, 4.69) is 0 Å². The van der Waals surface area contributed by atoms with Gasteiger partial charge in [-0.05, 0) is 32.1 Å². The van der Waals surface area contributed by atoms with Crippen LogP contribution in [0.25, 0.3) is 0 Å². The van der Waals surface area contributed by atoms with Gasteiger partial charge in [-0.2, -0.15) is 0 Å². The summed E-state index contributed by atoms with van der Waals surface area (Å²) in [6.07, 6.45) is 3.65. The van der Waals surface area contributed by atoms with E-state index < -0.39 is 0 Å². The molecule has 5 heteroatoms. The second-order valence-corrected chi connectivity index (χ2v) is 4.70. The molecule has 2 N–H and O–H groups in total. The Hall–Kier alpha value is -0.320. The van der Waals surface area contributed by atoms with Gasteiger partial charge in [0.25, 0.3) is 0 Å². The van der Waals surface area contributed by atoms with Crippen LogP contribution in [0.3, 0.4) is 0 Å². The SMILES string of the molecule is COCCCC(=O)N1CCCC(C(C)N)C1.Cl. The molecule has 0 aromatic heterocycles. The molecule has 0 bridgehead atoms. The lowest BCUT2D eigenvalue weighted by Gasteiger charge is -2.34. The Morgan fingerprint density at radius 1 is 1.59 bits per heavy atom. The average molecular weight is 265 g/mol. The summed E-state index contributed by atoms with van der Waals surface area (Å²) in [5, 5.41) is 0. The third kappa shape index (κ3) is 5.70. The highest BCUT2D eigenvalue weighted by molar-refractivity contribution is 5.85. The fourth-order valence-corrected chi connectivity index (χ4v) is 2.19. The Labute approximate surface area is 110 Å². The molecule has 1 rings (SSSR count). The van der Waals surface area contributed by atoms with Gasteiger partial charge in [0.1, 0.15) is 0 Å². The molecule has 0 saturated carbocycles. The minimum Gasteiger partial charge on any atom is -0.385 e. The zero-order chi connectivity index (χ0) is 12.0. The highest BCUT2D eigenvalue weighted by Gasteiger charge is 2.25. The van der Waals surface area contributed by atoms with Crippen LogP contribution in [-0.4, -0.2) is 43.7 Å². The van der Waals surface area contributed by atoms with Crippen LogP contribution in [-0.2, 0) is 9.53 Å². The van der Waals surface area contributed by atoms with E-state index in [1.807, 2.05) is 11.8 Å². The number of nitrogens with two attached hydrogens (primary N) is 1. The molecule has 1 heterocycles. The lowest BCUT2D eigenvalue weighted by molar-refractivity contribution is -0.133. The summed E-state index contributed by atoms with van der Waals surface area (Å²) in [5.74, 6) is 0.725. The summed E-state index contributed by atoms with van der Waals surface area (Å²) in [5.41, 5.74) is 5.89. The number of hydrogen-bond acceptors (Lipinski definition) is 3. The molecule has 2 unspecified atom stereocenters. The fraction of sp³-hybridized carbons (Fsp3) is 0.917. The van der Waals surface area contributed by atoms with E-state index in [1.54, 1.807) is 7.11 Å². The molecule has 0 radical (unpaired) electrons. The second-order valence-electron chi connectivity index (χ2n) is 4.70. The van der Waals surface area contributed by atoms with Gasteiger partial charge in [0.15, 0.2) is 0 Å². The first-order valence-corrected chi connectivity index (χ1v) is 6.17. The number of likely N-dealkylation sites (tertiary alicyclic amines) is 1. The van der Waals surface area contributed by atoms with E-state index in [0.717, 1.165) is 32.4 Å². The maximum atomic E-state index is 11.9. The normalized spacial score (nSPS) is 21.8. The Kier molecular flexibility index (Phi) is 8.56. The fourth-order valence-electron chi connectivity index (χ4n) is 2.19. The number of ether oxygens (including phenoxy) is 1. The monoisotopic (exact) mass is 264 g/mol. The second kappa shape index (κ2) is 8.72.